The van der Waals surface area contributed by atoms with Crippen LogP contribution in [0.1, 0.15) is 12.8 Å². The number of amides is 1. The van der Waals surface area contributed by atoms with E-state index in [9.17, 15) is 4.79 Å². The fraction of sp³-hybridized carbons (Fsp3) is 0.130. The van der Waals surface area contributed by atoms with E-state index < -0.39 is 6.89 Å². The summed E-state index contributed by atoms with van der Waals surface area (Å²) in [6.45, 7) is -2.17. The summed E-state index contributed by atoms with van der Waals surface area (Å²) in [5.41, 5.74) is 0. The molecule has 1 amide bonds. The maximum Gasteiger partial charge on any atom is 0.245 e. The van der Waals surface area contributed by atoms with Gasteiger partial charge in [-0.05, 0) is 35.6 Å². The minimum Gasteiger partial charge on any atom is -0.350 e. The van der Waals surface area contributed by atoms with Crippen LogP contribution in [0.2, 0.25) is 0 Å². The summed E-state index contributed by atoms with van der Waals surface area (Å²) < 4.78 is 0. The van der Waals surface area contributed by atoms with Gasteiger partial charge in [-0.2, -0.15) is 0 Å². The highest BCUT2D eigenvalue weighted by atomic mass is 35.5. The minimum atomic E-state index is -2.17. The molecule has 1 N–H and O–H groups in total. The van der Waals surface area contributed by atoms with Gasteiger partial charge in [-0.25, -0.2) is 0 Å². The van der Waals surface area contributed by atoms with Crippen LogP contribution in [0.5, 0.6) is 0 Å². The maximum absolute atomic E-state index is 12.9. The van der Waals surface area contributed by atoms with Crippen molar-refractivity contribution in [2.75, 3.05) is 0 Å². The Hall–Kier alpha value is -2.28. The lowest BCUT2D eigenvalue weighted by Crippen LogP contribution is -2.33. The maximum atomic E-state index is 12.9. The van der Waals surface area contributed by atoms with Crippen LogP contribution in [0.4, 0.5) is 0 Å². The molecule has 0 aliphatic heterocycles. The van der Waals surface area contributed by atoms with E-state index in [4.69, 9.17) is 0 Å². The molecule has 0 saturated heterocycles. The van der Waals surface area contributed by atoms with E-state index >= 15 is 0 Å². The predicted molar refractivity (Wildman–Crippen MR) is 120 cm³/mol. The molecular weight excluding hydrogens is 373 g/mol. The van der Waals surface area contributed by atoms with Gasteiger partial charge < -0.3 is 5.32 Å². The Balaban J connectivity index is 0.00000210. The molecule has 0 unspecified atom stereocenters. The predicted octanol–water partition coefficient (Wildman–Crippen LogP) is 3.48. The molecule has 1 aliphatic rings. The number of rotatable bonds is 5. The lowest BCUT2D eigenvalue weighted by molar-refractivity contribution is -0.114. The normalized spacial score (nSPS) is 13.3. The van der Waals surface area contributed by atoms with Gasteiger partial charge in [0.15, 0.2) is 0 Å². The molecule has 2 nitrogen and oxygen atoms in total. The second-order valence-electron chi connectivity index (χ2n) is 6.64. The van der Waals surface area contributed by atoms with Crippen molar-refractivity contribution >= 4 is 46.9 Å². The molecule has 1 fully saturated rings. The Morgan fingerprint density at radius 2 is 1.11 bits per heavy atom. The first-order valence-corrected chi connectivity index (χ1v) is 10.9. The van der Waals surface area contributed by atoms with Gasteiger partial charge in [0.1, 0.15) is 0 Å². The van der Waals surface area contributed by atoms with Crippen LogP contribution in [-0.2, 0) is 4.79 Å². The Morgan fingerprint density at radius 3 is 1.44 bits per heavy atom. The lowest BCUT2D eigenvalue weighted by Gasteiger charge is -2.28. The molecule has 0 atom stereocenters. The summed E-state index contributed by atoms with van der Waals surface area (Å²) in [4.78, 5) is 12.9. The van der Waals surface area contributed by atoms with Gasteiger partial charge in [-0.1, -0.05) is 91.0 Å². The van der Waals surface area contributed by atoms with Gasteiger partial charge in [0, 0.05) is 11.8 Å². The first-order chi connectivity index (χ1) is 12.8. The second kappa shape index (κ2) is 8.61. The van der Waals surface area contributed by atoms with Crippen LogP contribution >= 0.6 is 19.3 Å². The summed E-state index contributed by atoms with van der Waals surface area (Å²) in [5, 5.41) is 6.74. The van der Waals surface area contributed by atoms with E-state index in [1.54, 1.807) is 0 Å². The Morgan fingerprint density at radius 1 is 0.741 bits per heavy atom. The molecule has 1 saturated carbocycles. The quantitative estimate of drug-likeness (QED) is 0.658. The van der Waals surface area contributed by atoms with Gasteiger partial charge in [0.2, 0.25) is 5.91 Å². The van der Waals surface area contributed by atoms with E-state index in [0.717, 1.165) is 12.8 Å². The average molecular weight is 396 g/mol. The molecule has 0 radical (unpaired) electrons. The van der Waals surface area contributed by atoms with Crippen molar-refractivity contribution in [1.29, 1.82) is 0 Å². The number of carbonyl (C=O) groups is 1. The van der Waals surface area contributed by atoms with Crippen LogP contribution < -0.4 is 21.2 Å². The number of benzene rings is 3. The zero-order valence-corrected chi connectivity index (χ0v) is 16.7. The molecule has 3 aromatic rings. The third kappa shape index (κ3) is 4.18. The van der Waals surface area contributed by atoms with Crippen LogP contribution in [0.15, 0.2) is 91.0 Å². The molecule has 1 aliphatic carbocycles. The van der Waals surface area contributed by atoms with Gasteiger partial charge in [0.25, 0.3) is 0 Å². The van der Waals surface area contributed by atoms with Crippen molar-refractivity contribution in [2.24, 2.45) is 0 Å². The molecule has 27 heavy (non-hydrogen) atoms. The first-order valence-electron chi connectivity index (χ1n) is 9.01. The van der Waals surface area contributed by atoms with Crippen LogP contribution in [0, 0.1) is 0 Å². The molecule has 4 heteroatoms. The summed E-state index contributed by atoms with van der Waals surface area (Å²) >= 11 is 0. The van der Waals surface area contributed by atoms with Gasteiger partial charge in [0.05, 0.1) is 0 Å². The third-order valence-electron chi connectivity index (χ3n) is 4.73. The van der Waals surface area contributed by atoms with Gasteiger partial charge in [-0.3, -0.25) is 4.79 Å². The van der Waals surface area contributed by atoms with E-state index in [0.29, 0.717) is 6.04 Å². The fourth-order valence-electron chi connectivity index (χ4n) is 3.30. The van der Waals surface area contributed by atoms with Gasteiger partial charge >= 0.3 is 0 Å². The largest absolute Gasteiger partial charge is 0.350 e. The minimum absolute atomic E-state index is 0. The molecular formula is C23H23ClNOP. The van der Waals surface area contributed by atoms with Crippen molar-refractivity contribution in [2.45, 2.75) is 18.9 Å². The van der Waals surface area contributed by atoms with Crippen molar-refractivity contribution in [3.8, 4) is 0 Å². The Labute approximate surface area is 167 Å². The number of hydrogen-bond donors (Lipinski definition) is 1. The summed E-state index contributed by atoms with van der Waals surface area (Å²) in [6.07, 6.45) is 2.18. The number of nitrogens with one attached hydrogen (secondary N) is 1. The number of halogens is 1. The van der Waals surface area contributed by atoms with Crippen LogP contribution in [0.25, 0.3) is 0 Å². The van der Waals surface area contributed by atoms with Gasteiger partial charge in [-0.15, -0.1) is 12.4 Å². The molecule has 0 bridgehead atoms. The molecule has 3 aromatic carbocycles. The highest BCUT2D eigenvalue weighted by Gasteiger charge is 2.28. The Bertz CT molecular complexity index is 834. The summed E-state index contributed by atoms with van der Waals surface area (Å²) in [6, 6.07) is 31.7. The van der Waals surface area contributed by atoms with E-state index in [2.05, 4.69) is 78.1 Å². The second-order valence-corrected chi connectivity index (χ2v) is 9.89. The highest BCUT2D eigenvalue weighted by Crippen LogP contribution is 2.43. The van der Waals surface area contributed by atoms with Crippen LogP contribution in [-0.4, -0.2) is 17.7 Å². The zero-order chi connectivity index (χ0) is 17.8. The SMILES string of the molecule is Cl.O=C(C=P(c1ccccc1)(c1ccccc1)c1ccccc1)NC1CC1. The van der Waals surface area contributed by atoms with E-state index in [1.807, 2.05) is 24.0 Å². The molecule has 0 heterocycles. The molecule has 4 rings (SSSR count). The van der Waals surface area contributed by atoms with E-state index in [1.165, 1.54) is 15.9 Å². The third-order valence-corrected chi connectivity index (χ3v) is 8.68. The fourth-order valence-corrected chi connectivity index (χ4v) is 7.00. The van der Waals surface area contributed by atoms with E-state index in [-0.39, 0.29) is 18.3 Å². The molecule has 138 valence electrons. The Kier molecular flexibility index (Phi) is 6.21. The average Bonchev–Trinajstić information content (AvgIpc) is 3.52. The first kappa shape index (κ1) is 19.5. The smallest absolute Gasteiger partial charge is 0.245 e. The van der Waals surface area contributed by atoms with Crippen LogP contribution in [0.3, 0.4) is 0 Å². The monoisotopic (exact) mass is 395 g/mol. The number of hydrogen-bond acceptors (Lipinski definition) is 1. The van der Waals surface area contributed by atoms with Crippen molar-refractivity contribution in [1.82, 2.24) is 5.32 Å². The highest BCUT2D eigenvalue weighted by molar-refractivity contribution is 7.95. The topological polar surface area (TPSA) is 29.1 Å². The standard InChI is InChI=1S/C23H22NOP.ClH/c25-23(24-19-16-17-19)18-26(20-10-4-1-5-11-20,21-12-6-2-7-13-21)22-14-8-3-9-15-22;/h1-15,18-19H,16-17H2,(H,24,25);1H. The zero-order valence-electron chi connectivity index (χ0n) is 15.0. The molecule has 0 aromatic heterocycles. The number of carbonyl (C=O) groups excluding carboxylic acids is 1. The summed E-state index contributed by atoms with van der Waals surface area (Å²) in [5.74, 6) is 2.00. The van der Waals surface area contributed by atoms with Crippen molar-refractivity contribution in [3.63, 3.8) is 0 Å². The summed E-state index contributed by atoms with van der Waals surface area (Å²) in [7, 11) is 0. The molecule has 0 spiro atoms. The lowest BCUT2D eigenvalue weighted by atomic mass is 10.4. The van der Waals surface area contributed by atoms with Crippen molar-refractivity contribution < 1.29 is 4.79 Å². The van der Waals surface area contributed by atoms with Crippen molar-refractivity contribution in [3.05, 3.63) is 91.0 Å².